The Hall–Kier alpha value is -1.87. The highest BCUT2D eigenvalue weighted by atomic mass is 32.1. The Morgan fingerprint density at radius 1 is 0.895 bits per heavy atom. The maximum absolute atomic E-state index is 5.34. The standard InChI is InChI=1S/C16H18N2S/c1-11-5-4-6-14(9-11)17-16(19)18-15-10-12(2)7-8-13(15)3/h4-10H,1-3H3,(H2,17,18,19). The molecule has 0 bridgehead atoms. The van der Waals surface area contributed by atoms with Gasteiger partial charge in [-0.1, -0.05) is 24.3 Å². The first-order chi connectivity index (χ1) is 9.04. The zero-order valence-corrected chi connectivity index (χ0v) is 12.3. The molecule has 0 atom stereocenters. The molecule has 19 heavy (non-hydrogen) atoms. The number of nitrogens with one attached hydrogen (secondary N) is 2. The predicted molar refractivity (Wildman–Crippen MR) is 86.9 cm³/mol. The van der Waals surface area contributed by atoms with Gasteiger partial charge in [-0.2, -0.15) is 0 Å². The third-order valence-corrected chi connectivity index (χ3v) is 3.12. The largest absolute Gasteiger partial charge is 0.332 e. The van der Waals surface area contributed by atoms with Gasteiger partial charge in [-0.05, 0) is 67.9 Å². The van der Waals surface area contributed by atoms with E-state index >= 15 is 0 Å². The number of aryl methyl sites for hydroxylation is 3. The highest BCUT2D eigenvalue weighted by molar-refractivity contribution is 7.80. The smallest absolute Gasteiger partial charge is 0.175 e. The second-order valence-electron chi connectivity index (χ2n) is 4.77. The number of rotatable bonds is 2. The van der Waals surface area contributed by atoms with Crippen molar-refractivity contribution in [2.24, 2.45) is 0 Å². The van der Waals surface area contributed by atoms with Gasteiger partial charge in [0.15, 0.2) is 5.11 Å². The Bertz CT molecular complexity index is 605. The lowest BCUT2D eigenvalue weighted by Gasteiger charge is -2.13. The lowest BCUT2D eigenvalue weighted by atomic mass is 10.1. The Morgan fingerprint density at radius 3 is 2.37 bits per heavy atom. The van der Waals surface area contributed by atoms with E-state index in [1.165, 1.54) is 16.7 Å². The summed E-state index contributed by atoms with van der Waals surface area (Å²) in [5.41, 5.74) is 5.65. The van der Waals surface area contributed by atoms with Crippen LogP contribution in [0.2, 0.25) is 0 Å². The molecule has 2 N–H and O–H groups in total. The monoisotopic (exact) mass is 270 g/mol. The van der Waals surface area contributed by atoms with E-state index in [0.29, 0.717) is 5.11 Å². The molecule has 0 aliphatic carbocycles. The summed E-state index contributed by atoms with van der Waals surface area (Å²) in [5.74, 6) is 0. The molecule has 0 unspecified atom stereocenters. The van der Waals surface area contributed by atoms with Gasteiger partial charge in [-0.3, -0.25) is 0 Å². The third-order valence-electron chi connectivity index (χ3n) is 2.92. The van der Waals surface area contributed by atoms with E-state index in [1.54, 1.807) is 0 Å². The molecule has 98 valence electrons. The summed E-state index contributed by atoms with van der Waals surface area (Å²) in [5, 5.41) is 7.05. The van der Waals surface area contributed by atoms with Crippen molar-refractivity contribution in [1.82, 2.24) is 0 Å². The minimum absolute atomic E-state index is 0.610. The van der Waals surface area contributed by atoms with Gasteiger partial charge in [0, 0.05) is 11.4 Å². The molecular formula is C16H18N2S. The molecule has 2 nitrogen and oxygen atoms in total. The van der Waals surface area contributed by atoms with Crippen molar-refractivity contribution in [3.8, 4) is 0 Å². The quantitative estimate of drug-likeness (QED) is 0.790. The number of anilines is 2. The van der Waals surface area contributed by atoms with E-state index in [4.69, 9.17) is 12.2 Å². The van der Waals surface area contributed by atoms with Gasteiger partial charge >= 0.3 is 0 Å². The summed E-state index contributed by atoms with van der Waals surface area (Å²) in [6.45, 7) is 6.20. The lowest BCUT2D eigenvalue weighted by molar-refractivity contribution is 1.39. The molecule has 2 rings (SSSR count). The molecule has 0 radical (unpaired) electrons. The van der Waals surface area contributed by atoms with Crippen LogP contribution < -0.4 is 10.6 Å². The fraction of sp³-hybridized carbons (Fsp3) is 0.188. The van der Waals surface area contributed by atoms with Gasteiger partial charge < -0.3 is 10.6 Å². The van der Waals surface area contributed by atoms with E-state index in [-0.39, 0.29) is 0 Å². The molecule has 2 aromatic carbocycles. The second kappa shape index (κ2) is 5.85. The van der Waals surface area contributed by atoms with Crippen LogP contribution in [0, 0.1) is 20.8 Å². The van der Waals surface area contributed by atoms with Crippen LogP contribution in [0.1, 0.15) is 16.7 Å². The van der Waals surface area contributed by atoms with E-state index < -0.39 is 0 Å². The normalized spacial score (nSPS) is 10.1. The fourth-order valence-electron chi connectivity index (χ4n) is 1.88. The van der Waals surface area contributed by atoms with Gasteiger partial charge in [0.1, 0.15) is 0 Å². The fourth-order valence-corrected chi connectivity index (χ4v) is 2.11. The van der Waals surface area contributed by atoms with Crippen LogP contribution in [0.15, 0.2) is 42.5 Å². The SMILES string of the molecule is Cc1cccc(NC(=S)Nc2cc(C)ccc2C)c1. The molecule has 0 aliphatic rings. The van der Waals surface area contributed by atoms with Crippen molar-refractivity contribution in [2.45, 2.75) is 20.8 Å². The van der Waals surface area contributed by atoms with E-state index in [2.05, 4.69) is 61.7 Å². The van der Waals surface area contributed by atoms with Gasteiger partial charge in [0.25, 0.3) is 0 Å². The Balaban J connectivity index is 2.07. The Labute approximate surface area is 119 Å². The minimum atomic E-state index is 0.610. The average molecular weight is 270 g/mol. The topological polar surface area (TPSA) is 24.1 Å². The molecule has 0 amide bonds. The van der Waals surface area contributed by atoms with Crippen LogP contribution in [0.3, 0.4) is 0 Å². The summed E-state index contributed by atoms with van der Waals surface area (Å²) in [7, 11) is 0. The zero-order chi connectivity index (χ0) is 13.8. The van der Waals surface area contributed by atoms with Crippen LogP contribution in [0.5, 0.6) is 0 Å². The van der Waals surface area contributed by atoms with Crippen molar-refractivity contribution < 1.29 is 0 Å². The van der Waals surface area contributed by atoms with Crippen LogP contribution in [-0.2, 0) is 0 Å². The van der Waals surface area contributed by atoms with Gasteiger partial charge in [-0.15, -0.1) is 0 Å². The first kappa shape index (κ1) is 13.6. The molecule has 0 spiro atoms. The summed E-state index contributed by atoms with van der Waals surface area (Å²) in [6, 6.07) is 14.4. The highest BCUT2D eigenvalue weighted by Crippen LogP contribution is 2.17. The number of hydrogen-bond donors (Lipinski definition) is 2. The maximum Gasteiger partial charge on any atom is 0.175 e. The summed E-state index contributed by atoms with van der Waals surface area (Å²) >= 11 is 5.34. The van der Waals surface area contributed by atoms with Crippen molar-refractivity contribution in [1.29, 1.82) is 0 Å². The molecule has 0 aromatic heterocycles. The van der Waals surface area contributed by atoms with Crippen LogP contribution in [0.4, 0.5) is 11.4 Å². The lowest BCUT2D eigenvalue weighted by Crippen LogP contribution is -2.19. The first-order valence-corrected chi connectivity index (χ1v) is 6.67. The third kappa shape index (κ3) is 3.80. The molecule has 0 heterocycles. The average Bonchev–Trinajstić information content (AvgIpc) is 2.34. The second-order valence-corrected chi connectivity index (χ2v) is 5.18. The molecule has 3 heteroatoms. The van der Waals surface area contributed by atoms with Crippen LogP contribution >= 0.6 is 12.2 Å². The molecular weight excluding hydrogens is 252 g/mol. The summed E-state index contributed by atoms with van der Waals surface area (Å²) < 4.78 is 0. The molecule has 0 fully saturated rings. The van der Waals surface area contributed by atoms with Gasteiger partial charge in [0.05, 0.1) is 0 Å². The van der Waals surface area contributed by atoms with Crippen LogP contribution in [-0.4, -0.2) is 5.11 Å². The van der Waals surface area contributed by atoms with E-state index in [0.717, 1.165) is 11.4 Å². The molecule has 2 aromatic rings. The van der Waals surface area contributed by atoms with Crippen molar-refractivity contribution in [3.05, 3.63) is 59.2 Å². The van der Waals surface area contributed by atoms with Crippen molar-refractivity contribution in [2.75, 3.05) is 10.6 Å². The maximum atomic E-state index is 5.34. The summed E-state index contributed by atoms with van der Waals surface area (Å²) in [6.07, 6.45) is 0. The van der Waals surface area contributed by atoms with Gasteiger partial charge in [-0.25, -0.2) is 0 Å². The van der Waals surface area contributed by atoms with E-state index in [1.807, 2.05) is 12.1 Å². The van der Waals surface area contributed by atoms with Gasteiger partial charge in [0.2, 0.25) is 0 Å². The van der Waals surface area contributed by atoms with Crippen LogP contribution in [0.25, 0.3) is 0 Å². The van der Waals surface area contributed by atoms with Crippen molar-refractivity contribution >= 4 is 28.7 Å². The summed E-state index contributed by atoms with van der Waals surface area (Å²) in [4.78, 5) is 0. The predicted octanol–water partition coefficient (Wildman–Crippen LogP) is 4.42. The number of thiocarbonyl (C=S) groups is 1. The number of hydrogen-bond acceptors (Lipinski definition) is 1. The minimum Gasteiger partial charge on any atom is -0.332 e. The van der Waals surface area contributed by atoms with E-state index in [9.17, 15) is 0 Å². The van der Waals surface area contributed by atoms with Crippen molar-refractivity contribution in [3.63, 3.8) is 0 Å². The Morgan fingerprint density at radius 2 is 1.63 bits per heavy atom. The Kier molecular flexibility index (Phi) is 4.17. The highest BCUT2D eigenvalue weighted by Gasteiger charge is 2.02. The molecule has 0 aliphatic heterocycles. The first-order valence-electron chi connectivity index (χ1n) is 6.26. The molecule has 0 saturated carbocycles. The number of benzene rings is 2. The zero-order valence-electron chi connectivity index (χ0n) is 11.4. The molecule has 0 saturated heterocycles.